The number of hydrogen-bond donors (Lipinski definition) is 1. The molecule has 1 spiro atoms. The summed E-state index contributed by atoms with van der Waals surface area (Å²) in [5.41, 5.74) is 6.62. The van der Waals surface area contributed by atoms with Crippen LogP contribution in [0.4, 0.5) is 19.1 Å². The lowest BCUT2D eigenvalue weighted by molar-refractivity contribution is -0.150. The minimum atomic E-state index is -1.11. The summed E-state index contributed by atoms with van der Waals surface area (Å²) in [6, 6.07) is 1.40. The maximum atomic E-state index is 14.0. The quantitative estimate of drug-likeness (QED) is 0.793. The van der Waals surface area contributed by atoms with Crippen LogP contribution in [0.15, 0.2) is 12.1 Å². The predicted octanol–water partition coefficient (Wildman–Crippen LogP) is 1.83. The van der Waals surface area contributed by atoms with E-state index in [4.69, 9.17) is 10.5 Å². The number of carbonyl (C=O) groups is 1. The second-order valence-corrected chi connectivity index (χ2v) is 9.03. The third-order valence-electron chi connectivity index (χ3n) is 6.88. The standard InChI is InChI=1S/C21H26F3N5O2/c22-13-1-4-27(9-16(13)25)20-26-17-7-14(23)15(24)8-18(17)29(20)10-19(30)28-11-21(12-28)2-5-31-6-3-21/h7-8,13,16H,1-6,9-12,25H2/t13-,16-/m1/s1. The molecule has 1 aromatic heterocycles. The van der Waals surface area contributed by atoms with Crippen molar-refractivity contribution in [2.24, 2.45) is 11.1 Å². The van der Waals surface area contributed by atoms with E-state index in [1.807, 2.05) is 0 Å². The van der Waals surface area contributed by atoms with Gasteiger partial charge in [-0.05, 0) is 19.3 Å². The van der Waals surface area contributed by atoms with Crippen molar-refractivity contribution in [2.45, 2.75) is 38.0 Å². The predicted molar refractivity (Wildman–Crippen MR) is 108 cm³/mol. The summed E-state index contributed by atoms with van der Waals surface area (Å²) >= 11 is 0. The van der Waals surface area contributed by atoms with Gasteiger partial charge in [-0.15, -0.1) is 0 Å². The number of imidazole rings is 1. The minimum Gasteiger partial charge on any atom is -0.381 e. The van der Waals surface area contributed by atoms with Crippen LogP contribution in [-0.4, -0.2) is 72.0 Å². The van der Waals surface area contributed by atoms with Crippen LogP contribution in [0, 0.1) is 17.0 Å². The number of anilines is 1. The number of aromatic nitrogens is 2. The van der Waals surface area contributed by atoms with Crippen LogP contribution in [0.2, 0.25) is 0 Å². The second kappa shape index (κ2) is 7.67. The Morgan fingerprint density at radius 1 is 1.23 bits per heavy atom. The smallest absolute Gasteiger partial charge is 0.242 e. The van der Waals surface area contributed by atoms with Crippen molar-refractivity contribution in [1.82, 2.24) is 14.5 Å². The maximum Gasteiger partial charge on any atom is 0.242 e. The Morgan fingerprint density at radius 2 is 1.94 bits per heavy atom. The first-order valence-electron chi connectivity index (χ1n) is 10.7. The first kappa shape index (κ1) is 20.6. The summed E-state index contributed by atoms with van der Waals surface area (Å²) in [4.78, 5) is 21.1. The fourth-order valence-electron chi connectivity index (χ4n) is 4.94. The molecule has 2 atom stereocenters. The molecular weight excluding hydrogens is 411 g/mol. The molecule has 3 fully saturated rings. The Bertz CT molecular complexity index is 999. The van der Waals surface area contributed by atoms with Gasteiger partial charge in [0.1, 0.15) is 12.7 Å². The van der Waals surface area contributed by atoms with Gasteiger partial charge in [0.05, 0.1) is 17.1 Å². The summed E-state index contributed by atoms with van der Waals surface area (Å²) in [6.45, 7) is 3.33. The number of carbonyl (C=O) groups excluding carboxylic acids is 1. The highest BCUT2D eigenvalue weighted by Crippen LogP contribution is 2.40. The third kappa shape index (κ3) is 3.65. The van der Waals surface area contributed by atoms with Crippen molar-refractivity contribution in [2.75, 3.05) is 44.3 Å². The maximum absolute atomic E-state index is 14.0. The fraction of sp³-hybridized carbons (Fsp3) is 0.619. The van der Waals surface area contributed by atoms with Crippen molar-refractivity contribution in [3.63, 3.8) is 0 Å². The number of nitrogens with two attached hydrogens (primary N) is 1. The topological polar surface area (TPSA) is 76.6 Å². The van der Waals surface area contributed by atoms with Crippen LogP contribution in [0.1, 0.15) is 19.3 Å². The van der Waals surface area contributed by atoms with Crippen LogP contribution >= 0.6 is 0 Å². The highest BCUT2D eigenvalue weighted by Gasteiger charge is 2.45. The molecule has 0 saturated carbocycles. The molecule has 5 rings (SSSR count). The number of fused-ring (bicyclic) bond motifs is 1. The molecule has 31 heavy (non-hydrogen) atoms. The zero-order chi connectivity index (χ0) is 21.8. The molecular formula is C21H26F3N5O2. The van der Waals surface area contributed by atoms with Crippen molar-refractivity contribution >= 4 is 22.9 Å². The number of ether oxygens (including phenoxy) is 1. The molecule has 168 valence electrons. The number of rotatable bonds is 3. The molecule has 1 aromatic carbocycles. The zero-order valence-corrected chi connectivity index (χ0v) is 17.2. The average Bonchev–Trinajstić information content (AvgIpc) is 3.06. The van der Waals surface area contributed by atoms with Gasteiger partial charge in [0.2, 0.25) is 11.9 Å². The Kier molecular flexibility index (Phi) is 5.09. The Morgan fingerprint density at radius 3 is 2.65 bits per heavy atom. The van der Waals surface area contributed by atoms with E-state index in [1.54, 1.807) is 14.4 Å². The molecule has 7 nitrogen and oxygen atoms in total. The van der Waals surface area contributed by atoms with E-state index in [-0.39, 0.29) is 36.3 Å². The fourth-order valence-corrected chi connectivity index (χ4v) is 4.94. The lowest BCUT2D eigenvalue weighted by Crippen LogP contribution is -2.60. The number of halogens is 3. The number of likely N-dealkylation sites (tertiary alicyclic amines) is 1. The first-order chi connectivity index (χ1) is 14.8. The molecule has 0 unspecified atom stereocenters. The van der Waals surface area contributed by atoms with Gasteiger partial charge in [0, 0.05) is 56.9 Å². The van der Waals surface area contributed by atoms with Crippen molar-refractivity contribution in [3.05, 3.63) is 23.8 Å². The van der Waals surface area contributed by atoms with Crippen molar-refractivity contribution < 1.29 is 22.7 Å². The monoisotopic (exact) mass is 437 g/mol. The van der Waals surface area contributed by atoms with Gasteiger partial charge in [-0.1, -0.05) is 0 Å². The number of benzene rings is 1. The summed E-state index contributed by atoms with van der Waals surface area (Å²) in [6.07, 6.45) is 1.01. The Labute approximate surface area is 177 Å². The molecule has 1 amide bonds. The van der Waals surface area contributed by atoms with Crippen LogP contribution in [0.25, 0.3) is 11.0 Å². The van der Waals surface area contributed by atoms with Crippen LogP contribution < -0.4 is 10.6 Å². The first-order valence-corrected chi connectivity index (χ1v) is 10.7. The van der Waals surface area contributed by atoms with Crippen LogP contribution in [0.3, 0.4) is 0 Å². The average molecular weight is 437 g/mol. The van der Waals surface area contributed by atoms with E-state index >= 15 is 0 Å². The van der Waals surface area contributed by atoms with E-state index < -0.39 is 23.8 Å². The molecule has 0 bridgehead atoms. The van der Waals surface area contributed by atoms with Gasteiger partial charge >= 0.3 is 0 Å². The Hall–Kier alpha value is -2.33. The summed E-state index contributed by atoms with van der Waals surface area (Å²) < 4.78 is 48.7. The van der Waals surface area contributed by atoms with E-state index in [2.05, 4.69) is 4.98 Å². The molecule has 3 aliphatic heterocycles. The van der Waals surface area contributed by atoms with Gasteiger partial charge in [-0.3, -0.25) is 4.79 Å². The van der Waals surface area contributed by atoms with E-state index in [9.17, 15) is 18.0 Å². The number of piperidine rings is 1. The molecule has 4 heterocycles. The highest BCUT2D eigenvalue weighted by atomic mass is 19.2. The van der Waals surface area contributed by atoms with E-state index in [1.165, 1.54) is 0 Å². The lowest BCUT2D eigenvalue weighted by atomic mass is 9.73. The summed E-state index contributed by atoms with van der Waals surface area (Å²) in [7, 11) is 0. The lowest BCUT2D eigenvalue weighted by Gasteiger charge is -2.52. The SMILES string of the molecule is N[C@@H]1CN(c2nc3cc(F)c(F)cc3n2CC(=O)N2CC3(CCOCC3)C2)CC[C@H]1F. The van der Waals surface area contributed by atoms with Gasteiger partial charge in [-0.25, -0.2) is 18.2 Å². The normalized spacial score (nSPS) is 25.8. The molecule has 2 N–H and O–H groups in total. The van der Waals surface area contributed by atoms with Gasteiger partial charge in [0.25, 0.3) is 0 Å². The number of alkyl halides is 1. The highest BCUT2D eigenvalue weighted by molar-refractivity contribution is 5.84. The Balaban J connectivity index is 1.42. The van der Waals surface area contributed by atoms with Gasteiger partial charge in [0.15, 0.2) is 11.6 Å². The number of amides is 1. The zero-order valence-electron chi connectivity index (χ0n) is 17.2. The summed E-state index contributed by atoms with van der Waals surface area (Å²) in [5.74, 6) is -1.72. The van der Waals surface area contributed by atoms with E-state index in [0.29, 0.717) is 44.3 Å². The minimum absolute atomic E-state index is 0.0473. The van der Waals surface area contributed by atoms with Crippen molar-refractivity contribution in [3.8, 4) is 0 Å². The molecule has 3 aliphatic rings. The van der Waals surface area contributed by atoms with E-state index in [0.717, 1.165) is 25.0 Å². The molecule has 0 aliphatic carbocycles. The molecule has 10 heteroatoms. The summed E-state index contributed by atoms with van der Waals surface area (Å²) in [5, 5.41) is 0. The molecule has 2 aromatic rings. The van der Waals surface area contributed by atoms with Crippen molar-refractivity contribution in [1.29, 1.82) is 0 Å². The number of hydrogen-bond acceptors (Lipinski definition) is 5. The van der Waals surface area contributed by atoms with Crippen LogP contribution in [0.5, 0.6) is 0 Å². The molecule has 0 radical (unpaired) electrons. The largest absolute Gasteiger partial charge is 0.381 e. The number of nitrogens with zero attached hydrogens (tertiary/aromatic N) is 4. The van der Waals surface area contributed by atoms with Gasteiger partial charge in [-0.2, -0.15) is 0 Å². The second-order valence-electron chi connectivity index (χ2n) is 9.03. The van der Waals surface area contributed by atoms with Crippen LogP contribution in [-0.2, 0) is 16.1 Å². The molecule has 3 saturated heterocycles. The van der Waals surface area contributed by atoms with Gasteiger partial charge < -0.3 is 24.8 Å². The third-order valence-corrected chi connectivity index (χ3v) is 6.88.